The first kappa shape index (κ1) is 17.8. The van der Waals surface area contributed by atoms with Crippen molar-refractivity contribution in [2.75, 3.05) is 32.7 Å². The van der Waals surface area contributed by atoms with Gasteiger partial charge in [-0.2, -0.15) is 0 Å². The number of nitrogens with zero attached hydrogens (tertiary/aromatic N) is 2. The summed E-state index contributed by atoms with van der Waals surface area (Å²) in [5.74, 6) is 0.225. The summed E-state index contributed by atoms with van der Waals surface area (Å²) in [6.45, 7) is 5.89. The fraction of sp³-hybridized carbons (Fsp3) is 0.632. The van der Waals surface area contributed by atoms with Gasteiger partial charge in [0.2, 0.25) is 5.91 Å². The highest BCUT2D eigenvalue weighted by Crippen LogP contribution is 2.30. The number of β-amino-alcohol motifs (C(OH)–C–C–N with tert-alkyl or cyclic N) is 1. The summed E-state index contributed by atoms with van der Waals surface area (Å²) in [4.78, 5) is 17.9. The Balaban J connectivity index is 1.43. The second kappa shape index (κ2) is 8.37. The molecule has 2 aliphatic heterocycles. The van der Waals surface area contributed by atoms with Gasteiger partial charge in [-0.3, -0.25) is 9.69 Å². The van der Waals surface area contributed by atoms with Gasteiger partial charge in [0.05, 0.1) is 12.6 Å². The quantitative estimate of drug-likeness (QED) is 0.908. The fourth-order valence-electron chi connectivity index (χ4n) is 3.57. The van der Waals surface area contributed by atoms with Gasteiger partial charge in [0.15, 0.2) is 0 Å². The Hall–Kier alpha value is -1.04. The molecule has 2 aliphatic rings. The van der Waals surface area contributed by atoms with Gasteiger partial charge < -0.3 is 10.0 Å². The number of thioether (sulfide) groups is 1. The standard InChI is InChI=1S/C19H28N2O2S/c1-15-4-2-6-18(12-15)24-17-7-10-21(11-8-17)19(23)14-20-9-3-5-16(22)13-20/h2,4,6,12,16-17,22H,3,5,7-11,13-14H2,1H3/t16-/m0/s1. The lowest BCUT2D eigenvalue weighted by Gasteiger charge is -2.35. The SMILES string of the molecule is Cc1cccc(SC2CCN(C(=O)CN3CCC[C@H](O)C3)CC2)c1. The molecule has 1 amide bonds. The molecule has 5 heteroatoms. The molecule has 2 fully saturated rings. The average molecular weight is 349 g/mol. The van der Waals surface area contributed by atoms with Crippen LogP contribution in [0.5, 0.6) is 0 Å². The summed E-state index contributed by atoms with van der Waals surface area (Å²) in [6, 6.07) is 8.66. The molecule has 1 aromatic carbocycles. The molecule has 0 radical (unpaired) electrons. The lowest BCUT2D eigenvalue weighted by Crippen LogP contribution is -2.47. The van der Waals surface area contributed by atoms with Crippen LogP contribution < -0.4 is 0 Å². The molecule has 1 atom stereocenters. The molecule has 0 saturated carbocycles. The fourth-order valence-corrected chi connectivity index (χ4v) is 4.81. The van der Waals surface area contributed by atoms with Crippen molar-refractivity contribution in [2.24, 2.45) is 0 Å². The van der Waals surface area contributed by atoms with Crippen molar-refractivity contribution < 1.29 is 9.90 Å². The van der Waals surface area contributed by atoms with E-state index in [1.54, 1.807) is 0 Å². The molecule has 1 aromatic rings. The lowest BCUT2D eigenvalue weighted by molar-refractivity contribution is -0.133. The van der Waals surface area contributed by atoms with Gasteiger partial charge >= 0.3 is 0 Å². The zero-order chi connectivity index (χ0) is 16.9. The van der Waals surface area contributed by atoms with E-state index in [1.807, 2.05) is 16.7 Å². The molecular formula is C19H28N2O2S. The van der Waals surface area contributed by atoms with E-state index < -0.39 is 0 Å². The van der Waals surface area contributed by atoms with Gasteiger partial charge in [0.25, 0.3) is 0 Å². The van der Waals surface area contributed by atoms with Crippen molar-refractivity contribution in [1.82, 2.24) is 9.80 Å². The van der Waals surface area contributed by atoms with Gasteiger partial charge in [0, 0.05) is 29.8 Å². The predicted octanol–water partition coefficient (Wildman–Crippen LogP) is 2.53. The van der Waals surface area contributed by atoms with Crippen LogP contribution >= 0.6 is 11.8 Å². The van der Waals surface area contributed by atoms with Crippen LogP contribution in [0.4, 0.5) is 0 Å². The zero-order valence-corrected chi connectivity index (χ0v) is 15.3. The Bertz CT molecular complexity index is 558. The average Bonchev–Trinajstić information content (AvgIpc) is 2.55. The highest BCUT2D eigenvalue weighted by molar-refractivity contribution is 8.00. The first-order valence-electron chi connectivity index (χ1n) is 9.01. The maximum Gasteiger partial charge on any atom is 0.236 e. The molecule has 0 aromatic heterocycles. The number of amides is 1. The van der Waals surface area contributed by atoms with E-state index in [-0.39, 0.29) is 12.0 Å². The molecule has 2 saturated heterocycles. The number of aryl methyl sites for hydroxylation is 1. The summed E-state index contributed by atoms with van der Waals surface area (Å²) < 4.78 is 0. The van der Waals surface area contributed by atoms with Crippen LogP contribution in [0.1, 0.15) is 31.2 Å². The van der Waals surface area contributed by atoms with Crippen LogP contribution in [0, 0.1) is 6.92 Å². The number of hydrogen-bond donors (Lipinski definition) is 1. The van der Waals surface area contributed by atoms with E-state index in [1.165, 1.54) is 10.5 Å². The van der Waals surface area contributed by atoms with Gasteiger partial charge in [0.1, 0.15) is 0 Å². The van der Waals surface area contributed by atoms with E-state index in [9.17, 15) is 9.90 Å². The van der Waals surface area contributed by atoms with E-state index in [0.717, 1.165) is 45.3 Å². The van der Waals surface area contributed by atoms with Crippen LogP contribution in [0.25, 0.3) is 0 Å². The molecule has 1 N–H and O–H groups in total. The lowest BCUT2D eigenvalue weighted by atomic mass is 10.1. The summed E-state index contributed by atoms with van der Waals surface area (Å²) in [7, 11) is 0. The molecule has 0 unspecified atom stereocenters. The van der Waals surface area contributed by atoms with E-state index in [0.29, 0.717) is 18.3 Å². The van der Waals surface area contributed by atoms with Gasteiger partial charge in [-0.25, -0.2) is 0 Å². The second-order valence-corrected chi connectivity index (χ2v) is 8.42. The summed E-state index contributed by atoms with van der Waals surface area (Å²) >= 11 is 1.95. The highest BCUT2D eigenvalue weighted by Gasteiger charge is 2.26. The van der Waals surface area contributed by atoms with E-state index >= 15 is 0 Å². The Labute approximate surface area is 149 Å². The van der Waals surface area contributed by atoms with Crippen LogP contribution in [-0.2, 0) is 4.79 Å². The molecule has 0 bridgehead atoms. The van der Waals surface area contributed by atoms with Crippen molar-refractivity contribution in [3.63, 3.8) is 0 Å². The maximum absolute atomic E-state index is 12.5. The van der Waals surface area contributed by atoms with Crippen molar-refractivity contribution in [3.8, 4) is 0 Å². The first-order valence-corrected chi connectivity index (χ1v) is 9.89. The van der Waals surface area contributed by atoms with Gasteiger partial charge in [-0.05, 0) is 51.3 Å². The Kier molecular flexibility index (Phi) is 6.19. The van der Waals surface area contributed by atoms with Crippen LogP contribution in [0.2, 0.25) is 0 Å². The molecule has 3 rings (SSSR count). The van der Waals surface area contributed by atoms with E-state index in [2.05, 4.69) is 36.1 Å². The van der Waals surface area contributed by atoms with Crippen LogP contribution in [-0.4, -0.2) is 64.9 Å². The van der Waals surface area contributed by atoms with Gasteiger partial charge in [-0.1, -0.05) is 17.7 Å². The summed E-state index contributed by atoms with van der Waals surface area (Å²) in [5.41, 5.74) is 1.30. The molecule has 24 heavy (non-hydrogen) atoms. The van der Waals surface area contributed by atoms with Crippen molar-refractivity contribution in [3.05, 3.63) is 29.8 Å². The smallest absolute Gasteiger partial charge is 0.236 e. The number of piperidine rings is 2. The highest BCUT2D eigenvalue weighted by atomic mass is 32.2. The number of carbonyl (C=O) groups is 1. The molecule has 0 spiro atoms. The van der Waals surface area contributed by atoms with Crippen LogP contribution in [0.15, 0.2) is 29.2 Å². The minimum Gasteiger partial charge on any atom is -0.392 e. The number of hydrogen-bond acceptors (Lipinski definition) is 4. The zero-order valence-electron chi connectivity index (χ0n) is 14.5. The normalized spacial score (nSPS) is 23.4. The second-order valence-electron chi connectivity index (χ2n) is 7.05. The predicted molar refractivity (Wildman–Crippen MR) is 98.3 cm³/mol. The molecule has 4 nitrogen and oxygen atoms in total. The number of benzene rings is 1. The largest absolute Gasteiger partial charge is 0.392 e. The topological polar surface area (TPSA) is 43.8 Å². The number of carbonyl (C=O) groups excluding carboxylic acids is 1. The minimum absolute atomic E-state index is 0.225. The number of rotatable bonds is 4. The Morgan fingerprint density at radius 3 is 2.75 bits per heavy atom. The van der Waals surface area contributed by atoms with E-state index in [4.69, 9.17) is 0 Å². The monoisotopic (exact) mass is 348 g/mol. The maximum atomic E-state index is 12.5. The Morgan fingerprint density at radius 1 is 1.25 bits per heavy atom. The molecule has 132 valence electrons. The van der Waals surface area contributed by atoms with Crippen LogP contribution in [0.3, 0.4) is 0 Å². The van der Waals surface area contributed by atoms with Gasteiger partial charge in [-0.15, -0.1) is 11.8 Å². The summed E-state index contributed by atoms with van der Waals surface area (Å²) in [6.07, 6.45) is 3.72. The van der Waals surface area contributed by atoms with Crippen molar-refractivity contribution in [2.45, 2.75) is 48.9 Å². The third-order valence-corrected chi connectivity index (χ3v) is 6.26. The third kappa shape index (κ3) is 4.98. The number of aliphatic hydroxyl groups is 1. The molecule has 0 aliphatic carbocycles. The number of aliphatic hydroxyl groups excluding tert-OH is 1. The third-order valence-electron chi connectivity index (χ3n) is 4.93. The first-order chi connectivity index (χ1) is 11.6. The van der Waals surface area contributed by atoms with Crippen molar-refractivity contribution in [1.29, 1.82) is 0 Å². The van der Waals surface area contributed by atoms with Crippen molar-refractivity contribution >= 4 is 17.7 Å². The molecule has 2 heterocycles. The number of likely N-dealkylation sites (tertiary alicyclic amines) is 2. The minimum atomic E-state index is -0.261. The summed E-state index contributed by atoms with van der Waals surface area (Å²) in [5, 5.41) is 10.3. The Morgan fingerprint density at radius 2 is 2.04 bits per heavy atom. The molecular weight excluding hydrogens is 320 g/mol.